The molecule has 2 aromatic carbocycles. The molecule has 0 bridgehead atoms. The summed E-state index contributed by atoms with van der Waals surface area (Å²) in [5.41, 5.74) is 3.57. The largest absolute Gasteiger partial charge is 0.345 e. The van der Waals surface area contributed by atoms with Gasteiger partial charge in [-0.2, -0.15) is 0 Å². The third-order valence-corrected chi connectivity index (χ3v) is 7.48. The van der Waals surface area contributed by atoms with Crippen LogP contribution in [0.2, 0.25) is 0 Å². The highest BCUT2D eigenvalue weighted by Crippen LogP contribution is 2.26. The summed E-state index contributed by atoms with van der Waals surface area (Å²) >= 11 is 0. The molecule has 0 radical (unpaired) electrons. The highest BCUT2D eigenvalue weighted by molar-refractivity contribution is 5.96. The first-order chi connectivity index (χ1) is 21.0. The summed E-state index contributed by atoms with van der Waals surface area (Å²) in [5, 5.41) is 6.36. The van der Waals surface area contributed by atoms with Crippen molar-refractivity contribution in [2.45, 2.75) is 33.4 Å². The number of hydrogen-bond acceptors (Lipinski definition) is 6. The molecular weight excluding hydrogens is 561 g/mol. The second-order valence-electron chi connectivity index (χ2n) is 10.9. The van der Waals surface area contributed by atoms with E-state index in [0.29, 0.717) is 34.2 Å². The van der Waals surface area contributed by atoms with Crippen LogP contribution in [0.15, 0.2) is 71.7 Å². The van der Waals surface area contributed by atoms with Crippen LogP contribution < -0.4 is 16.2 Å². The molecule has 5 rings (SSSR count). The van der Waals surface area contributed by atoms with E-state index in [1.54, 1.807) is 77.5 Å². The molecular formula is C33H34FN7O3. The Labute approximate surface area is 254 Å². The molecule has 0 spiro atoms. The lowest BCUT2D eigenvalue weighted by Gasteiger charge is -2.18. The second kappa shape index (κ2) is 12.2. The monoisotopic (exact) mass is 595 g/mol. The Hall–Kier alpha value is -5.16. The minimum atomic E-state index is -0.517. The standard InChI is InChI=1S/C33H34FN7O3/c1-19-17-40(29-12-10-24(34)15-26(19)29)30-16-25(36-21(3)37-30)18-41-28(22-8-7-9-23(14-22)32(43)39(5)6)13-11-27(33(41)44)38-31(42)20(2)35-4/h7-17,20,35H,18H2,1-6H3,(H,38,42)/t20-/m0/s1. The van der Waals surface area contributed by atoms with Gasteiger partial charge in [-0.3, -0.25) is 14.4 Å². The molecule has 0 fully saturated rings. The van der Waals surface area contributed by atoms with Crippen LogP contribution in [0, 0.1) is 19.7 Å². The Morgan fingerprint density at radius 2 is 1.80 bits per heavy atom. The summed E-state index contributed by atoms with van der Waals surface area (Å²) in [4.78, 5) is 50.1. The summed E-state index contributed by atoms with van der Waals surface area (Å²) < 4.78 is 17.4. The Kier molecular flexibility index (Phi) is 8.41. The minimum absolute atomic E-state index is 0.0501. The lowest BCUT2D eigenvalue weighted by atomic mass is 10.1. The number of halogens is 1. The number of pyridine rings is 1. The number of fused-ring (bicyclic) bond motifs is 1. The van der Waals surface area contributed by atoms with E-state index in [-0.39, 0.29) is 29.9 Å². The summed E-state index contributed by atoms with van der Waals surface area (Å²) in [5.74, 6) is 0.208. The summed E-state index contributed by atoms with van der Waals surface area (Å²) in [7, 11) is 5.01. The van der Waals surface area contributed by atoms with Crippen LogP contribution in [-0.4, -0.2) is 63.0 Å². The van der Waals surface area contributed by atoms with Gasteiger partial charge in [0.05, 0.1) is 29.5 Å². The maximum atomic E-state index is 14.0. The Morgan fingerprint density at radius 3 is 2.52 bits per heavy atom. The van der Waals surface area contributed by atoms with E-state index in [0.717, 1.165) is 16.5 Å². The van der Waals surface area contributed by atoms with Gasteiger partial charge in [-0.15, -0.1) is 0 Å². The molecule has 3 heterocycles. The van der Waals surface area contributed by atoms with Crippen molar-refractivity contribution in [3.63, 3.8) is 0 Å². The second-order valence-corrected chi connectivity index (χ2v) is 10.9. The predicted molar refractivity (Wildman–Crippen MR) is 169 cm³/mol. The average Bonchev–Trinajstić information content (AvgIpc) is 3.33. The zero-order valence-electron chi connectivity index (χ0n) is 25.5. The van der Waals surface area contributed by atoms with Gasteiger partial charge < -0.3 is 24.7 Å². The van der Waals surface area contributed by atoms with Crippen LogP contribution >= 0.6 is 0 Å². The van der Waals surface area contributed by atoms with Crippen LogP contribution in [0.25, 0.3) is 28.0 Å². The molecule has 0 aliphatic carbocycles. The summed E-state index contributed by atoms with van der Waals surface area (Å²) in [6, 6.07) is 16.2. The number of nitrogens with one attached hydrogen (secondary N) is 2. The van der Waals surface area contributed by atoms with Gasteiger partial charge in [0, 0.05) is 37.3 Å². The number of benzene rings is 2. The summed E-state index contributed by atoms with van der Waals surface area (Å²) in [6.45, 7) is 5.42. The molecule has 0 unspecified atom stereocenters. The van der Waals surface area contributed by atoms with Crippen LogP contribution in [-0.2, 0) is 11.3 Å². The van der Waals surface area contributed by atoms with Crippen molar-refractivity contribution in [3.8, 4) is 17.1 Å². The maximum absolute atomic E-state index is 14.0. The summed E-state index contributed by atoms with van der Waals surface area (Å²) in [6.07, 6.45) is 1.89. The minimum Gasteiger partial charge on any atom is -0.345 e. The highest BCUT2D eigenvalue weighted by Gasteiger charge is 2.19. The first-order valence-corrected chi connectivity index (χ1v) is 14.1. The van der Waals surface area contributed by atoms with Crippen LogP contribution in [0.3, 0.4) is 0 Å². The van der Waals surface area contributed by atoms with Crippen molar-refractivity contribution in [1.29, 1.82) is 0 Å². The number of carbonyl (C=O) groups excluding carboxylic acids is 2. The quantitative estimate of drug-likeness (QED) is 0.277. The van der Waals surface area contributed by atoms with Crippen LogP contribution in [0.1, 0.15) is 34.4 Å². The molecule has 11 heteroatoms. The van der Waals surface area contributed by atoms with E-state index in [1.807, 2.05) is 23.8 Å². The fourth-order valence-corrected chi connectivity index (χ4v) is 5.06. The van der Waals surface area contributed by atoms with E-state index in [4.69, 9.17) is 0 Å². The number of hydrogen-bond donors (Lipinski definition) is 2. The van der Waals surface area contributed by atoms with Crippen molar-refractivity contribution < 1.29 is 14.0 Å². The molecule has 2 amide bonds. The SMILES string of the molecule is CN[C@@H](C)C(=O)Nc1ccc(-c2cccc(C(=O)N(C)C)c2)n(Cc2cc(-n3cc(C)c4cc(F)ccc43)nc(C)n2)c1=O. The molecule has 44 heavy (non-hydrogen) atoms. The van der Waals surface area contributed by atoms with Gasteiger partial charge >= 0.3 is 0 Å². The molecule has 2 N–H and O–H groups in total. The van der Waals surface area contributed by atoms with Gasteiger partial charge in [-0.05, 0) is 81.4 Å². The lowest BCUT2D eigenvalue weighted by molar-refractivity contribution is -0.117. The van der Waals surface area contributed by atoms with Gasteiger partial charge in [0.15, 0.2) is 0 Å². The smallest absolute Gasteiger partial charge is 0.275 e. The first kappa shape index (κ1) is 30.3. The van der Waals surface area contributed by atoms with E-state index in [1.165, 1.54) is 21.6 Å². The van der Waals surface area contributed by atoms with E-state index in [9.17, 15) is 18.8 Å². The molecule has 0 saturated carbocycles. The van der Waals surface area contributed by atoms with Crippen LogP contribution in [0.4, 0.5) is 10.1 Å². The van der Waals surface area contributed by atoms with Crippen molar-refractivity contribution in [2.75, 3.05) is 26.5 Å². The van der Waals surface area contributed by atoms with Gasteiger partial charge in [0.2, 0.25) is 5.91 Å². The number of nitrogens with zero attached hydrogens (tertiary/aromatic N) is 5. The lowest BCUT2D eigenvalue weighted by Crippen LogP contribution is -2.37. The van der Waals surface area contributed by atoms with Gasteiger partial charge in [0.25, 0.3) is 11.5 Å². The van der Waals surface area contributed by atoms with E-state index >= 15 is 0 Å². The van der Waals surface area contributed by atoms with Gasteiger partial charge in [-0.1, -0.05) is 12.1 Å². The number of carbonyl (C=O) groups is 2. The fraction of sp³-hybridized carbons (Fsp3) is 0.242. The molecule has 5 aromatic rings. The number of aromatic nitrogens is 4. The molecule has 0 aliphatic heterocycles. The molecule has 0 aliphatic rings. The number of rotatable bonds is 8. The van der Waals surface area contributed by atoms with Crippen molar-refractivity contribution >= 4 is 28.4 Å². The number of amides is 2. The molecule has 10 nitrogen and oxygen atoms in total. The van der Waals surface area contributed by atoms with Crippen molar-refractivity contribution in [2.24, 2.45) is 0 Å². The maximum Gasteiger partial charge on any atom is 0.275 e. The van der Waals surface area contributed by atoms with E-state index < -0.39 is 11.6 Å². The average molecular weight is 596 g/mol. The van der Waals surface area contributed by atoms with Crippen molar-refractivity contribution in [1.82, 2.24) is 29.3 Å². The van der Waals surface area contributed by atoms with Gasteiger partial charge in [-0.25, -0.2) is 14.4 Å². The number of anilines is 1. The molecule has 3 aromatic heterocycles. The highest BCUT2D eigenvalue weighted by atomic mass is 19.1. The Balaban J connectivity index is 1.64. The normalized spacial score (nSPS) is 11.9. The Bertz CT molecular complexity index is 1960. The Morgan fingerprint density at radius 1 is 1.02 bits per heavy atom. The van der Waals surface area contributed by atoms with Crippen LogP contribution in [0.5, 0.6) is 0 Å². The third-order valence-electron chi connectivity index (χ3n) is 7.48. The molecule has 1 atom stereocenters. The zero-order chi connectivity index (χ0) is 31.7. The third kappa shape index (κ3) is 6.00. The fourth-order valence-electron chi connectivity index (χ4n) is 5.06. The molecule has 226 valence electrons. The predicted octanol–water partition coefficient (Wildman–Crippen LogP) is 4.30. The first-order valence-electron chi connectivity index (χ1n) is 14.1. The van der Waals surface area contributed by atoms with E-state index in [2.05, 4.69) is 20.6 Å². The number of likely N-dealkylation sites (N-methyl/N-ethyl adjacent to an activating group) is 1. The van der Waals surface area contributed by atoms with Gasteiger partial charge in [0.1, 0.15) is 23.1 Å². The van der Waals surface area contributed by atoms with Crippen molar-refractivity contribution in [3.05, 3.63) is 106 Å². The number of aryl methyl sites for hydroxylation is 2. The topological polar surface area (TPSA) is 114 Å². The molecule has 0 saturated heterocycles. The zero-order valence-corrected chi connectivity index (χ0v) is 25.5.